The van der Waals surface area contributed by atoms with Crippen LogP contribution in [-0.2, 0) is 9.47 Å². The third-order valence-corrected chi connectivity index (χ3v) is 1.73. The van der Waals surface area contributed by atoms with E-state index in [4.69, 9.17) is 9.47 Å². The van der Waals surface area contributed by atoms with Gasteiger partial charge in [0.05, 0.1) is 13.2 Å². The Kier molecular flexibility index (Phi) is 2.24. The first-order chi connectivity index (χ1) is 4.62. The van der Waals surface area contributed by atoms with E-state index in [0.717, 1.165) is 13.2 Å². The van der Waals surface area contributed by atoms with E-state index in [2.05, 4.69) is 19.9 Å². The van der Waals surface area contributed by atoms with Gasteiger partial charge in [-0.1, -0.05) is 13.8 Å². The first-order valence-corrected chi connectivity index (χ1v) is 3.52. The van der Waals surface area contributed by atoms with Crippen molar-refractivity contribution in [3.63, 3.8) is 0 Å². The third kappa shape index (κ3) is 1.89. The van der Waals surface area contributed by atoms with Gasteiger partial charge in [-0.3, -0.25) is 0 Å². The molecule has 0 amide bonds. The third-order valence-electron chi connectivity index (χ3n) is 1.73. The normalized spacial score (nSPS) is 29.6. The largest absolute Gasteiger partial charge is 1.00 e. The standard InChI is InChI=1S/C8H11O2.Li/c1-7(2)5-9-8(3-4-8)10-6-7;/h3H,5-6H2,1-2H3;/q-1;+1. The van der Waals surface area contributed by atoms with Crippen molar-refractivity contribution < 1.29 is 28.3 Å². The van der Waals surface area contributed by atoms with Gasteiger partial charge in [-0.05, 0) is 0 Å². The molecule has 1 spiro atoms. The Labute approximate surface area is 79.1 Å². The number of rotatable bonds is 0. The Balaban J connectivity index is 0.000000605. The zero-order valence-electron chi connectivity index (χ0n) is 7.31. The van der Waals surface area contributed by atoms with E-state index >= 15 is 0 Å². The molecule has 1 heterocycles. The molecular weight excluding hydrogens is 135 g/mol. The summed E-state index contributed by atoms with van der Waals surface area (Å²) in [5.74, 6) is -0.491. The van der Waals surface area contributed by atoms with E-state index in [1.165, 1.54) is 0 Å². The van der Waals surface area contributed by atoms with Crippen LogP contribution in [-0.4, -0.2) is 19.0 Å². The quantitative estimate of drug-likeness (QED) is 0.294. The van der Waals surface area contributed by atoms with Crippen molar-refractivity contribution in [3.05, 3.63) is 12.2 Å². The van der Waals surface area contributed by atoms with Crippen LogP contribution < -0.4 is 18.9 Å². The van der Waals surface area contributed by atoms with Crippen LogP contribution in [0.25, 0.3) is 0 Å². The molecule has 1 aliphatic carbocycles. The Morgan fingerprint density at radius 2 is 1.73 bits per heavy atom. The molecular formula is C8H11LiO2. The summed E-state index contributed by atoms with van der Waals surface area (Å²) in [6, 6.07) is 0. The fourth-order valence-corrected chi connectivity index (χ4v) is 0.914. The van der Waals surface area contributed by atoms with E-state index in [1.54, 1.807) is 0 Å². The van der Waals surface area contributed by atoms with Gasteiger partial charge < -0.3 is 15.5 Å². The summed E-state index contributed by atoms with van der Waals surface area (Å²) in [6.07, 6.45) is 4.74. The summed E-state index contributed by atoms with van der Waals surface area (Å²) >= 11 is 0. The minimum atomic E-state index is -0.491. The van der Waals surface area contributed by atoms with Gasteiger partial charge >= 0.3 is 18.9 Å². The molecule has 56 valence electrons. The number of hydrogen-bond acceptors (Lipinski definition) is 2. The van der Waals surface area contributed by atoms with Crippen LogP contribution in [0.3, 0.4) is 0 Å². The summed E-state index contributed by atoms with van der Waals surface area (Å²) in [4.78, 5) is 0. The Morgan fingerprint density at radius 3 is 2.09 bits per heavy atom. The molecule has 0 aromatic carbocycles. The van der Waals surface area contributed by atoms with Crippen LogP contribution in [0.1, 0.15) is 13.8 Å². The second-order valence-electron chi connectivity index (χ2n) is 3.70. The van der Waals surface area contributed by atoms with Crippen LogP contribution in [0.4, 0.5) is 0 Å². The van der Waals surface area contributed by atoms with Crippen molar-refractivity contribution in [2.24, 2.45) is 5.41 Å². The molecule has 1 aliphatic heterocycles. The molecule has 2 rings (SSSR count). The van der Waals surface area contributed by atoms with E-state index in [-0.39, 0.29) is 24.3 Å². The van der Waals surface area contributed by atoms with Gasteiger partial charge in [0.25, 0.3) is 0 Å². The second kappa shape index (κ2) is 2.64. The minimum Gasteiger partial charge on any atom is -0.435 e. The van der Waals surface area contributed by atoms with Gasteiger partial charge in [-0.25, -0.2) is 6.08 Å². The summed E-state index contributed by atoms with van der Waals surface area (Å²) < 4.78 is 10.8. The van der Waals surface area contributed by atoms with Crippen molar-refractivity contribution in [2.45, 2.75) is 19.6 Å². The molecule has 2 aliphatic rings. The Morgan fingerprint density at radius 1 is 1.27 bits per heavy atom. The molecule has 0 atom stereocenters. The first-order valence-electron chi connectivity index (χ1n) is 3.52. The van der Waals surface area contributed by atoms with Crippen molar-refractivity contribution >= 4 is 0 Å². The maximum absolute atomic E-state index is 5.40. The molecule has 0 radical (unpaired) electrons. The van der Waals surface area contributed by atoms with Gasteiger partial charge in [0.1, 0.15) is 0 Å². The molecule has 11 heavy (non-hydrogen) atoms. The van der Waals surface area contributed by atoms with Crippen LogP contribution in [0.5, 0.6) is 0 Å². The fourth-order valence-electron chi connectivity index (χ4n) is 0.914. The molecule has 0 bridgehead atoms. The van der Waals surface area contributed by atoms with Crippen molar-refractivity contribution in [2.75, 3.05) is 13.2 Å². The van der Waals surface area contributed by atoms with Gasteiger partial charge in [0, 0.05) is 11.2 Å². The molecule has 0 saturated carbocycles. The average Bonchev–Trinajstić information content (AvgIpc) is 2.60. The molecule has 1 fully saturated rings. The number of hydrogen-bond donors (Lipinski definition) is 0. The van der Waals surface area contributed by atoms with Gasteiger partial charge in [-0.2, -0.15) is 0 Å². The maximum atomic E-state index is 5.40. The SMILES string of the molecule is CC1(C)COC2([C-]=C2)OC1.[Li+]. The summed E-state index contributed by atoms with van der Waals surface area (Å²) in [5.41, 5.74) is 0.170. The first kappa shape index (κ1) is 9.35. The molecule has 2 nitrogen and oxygen atoms in total. The van der Waals surface area contributed by atoms with Gasteiger partial charge in [-0.15, -0.1) is 0 Å². The van der Waals surface area contributed by atoms with Crippen molar-refractivity contribution in [3.8, 4) is 0 Å². The van der Waals surface area contributed by atoms with Crippen LogP contribution in [0, 0.1) is 11.5 Å². The van der Waals surface area contributed by atoms with Gasteiger partial charge in [0.2, 0.25) is 0 Å². The zero-order chi connectivity index (χ0) is 7.24. The number of ether oxygens (including phenoxy) is 2. The smallest absolute Gasteiger partial charge is 0.435 e. The van der Waals surface area contributed by atoms with Crippen LogP contribution >= 0.6 is 0 Å². The van der Waals surface area contributed by atoms with Crippen LogP contribution in [0.15, 0.2) is 6.08 Å². The molecule has 0 aromatic heterocycles. The van der Waals surface area contributed by atoms with Gasteiger partial charge in [0.15, 0.2) is 0 Å². The summed E-state index contributed by atoms with van der Waals surface area (Å²) in [6.45, 7) is 5.78. The van der Waals surface area contributed by atoms with Crippen molar-refractivity contribution in [1.29, 1.82) is 0 Å². The summed E-state index contributed by atoms with van der Waals surface area (Å²) in [7, 11) is 0. The van der Waals surface area contributed by atoms with Crippen molar-refractivity contribution in [1.82, 2.24) is 0 Å². The van der Waals surface area contributed by atoms with E-state index < -0.39 is 5.79 Å². The predicted molar refractivity (Wildman–Crippen MR) is 36.2 cm³/mol. The fraction of sp³-hybridized carbons (Fsp3) is 0.750. The van der Waals surface area contributed by atoms with Crippen LogP contribution in [0.2, 0.25) is 0 Å². The maximum Gasteiger partial charge on any atom is 1.00 e. The van der Waals surface area contributed by atoms with E-state index in [1.807, 2.05) is 6.08 Å². The Hall–Kier alpha value is 0.257. The molecule has 0 unspecified atom stereocenters. The molecule has 3 heteroatoms. The molecule has 1 saturated heterocycles. The summed E-state index contributed by atoms with van der Waals surface area (Å²) in [5, 5.41) is 0. The van der Waals surface area contributed by atoms with E-state index in [0.29, 0.717) is 0 Å². The average molecular weight is 146 g/mol. The second-order valence-corrected chi connectivity index (χ2v) is 3.70. The predicted octanol–water partition coefficient (Wildman–Crippen LogP) is -1.87. The topological polar surface area (TPSA) is 18.5 Å². The van der Waals surface area contributed by atoms with E-state index in [9.17, 15) is 0 Å². The monoisotopic (exact) mass is 146 g/mol. The molecule has 0 N–H and O–H groups in total. The minimum absolute atomic E-state index is 0. The molecule has 0 aromatic rings. The zero-order valence-corrected chi connectivity index (χ0v) is 7.31. The Bertz CT molecular complexity index is 163.